The molecule has 6 nitrogen and oxygen atoms in total. The molecule has 2 atom stereocenters. The van der Waals surface area contributed by atoms with Crippen LogP contribution in [0.1, 0.15) is 23.7 Å². The Balaban J connectivity index is 1.78. The van der Waals surface area contributed by atoms with Gasteiger partial charge in [-0.1, -0.05) is 18.5 Å². The highest BCUT2D eigenvalue weighted by Gasteiger charge is 2.32. The number of piperidine rings is 1. The van der Waals surface area contributed by atoms with Crippen molar-refractivity contribution in [1.82, 2.24) is 14.7 Å². The Labute approximate surface area is 144 Å². The lowest BCUT2D eigenvalue weighted by Crippen LogP contribution is -2.45. The summed E-state index contributed by atoms with van der Waals surface area (Å²) in [4.78, 5) is 25.5. The van der Waals surface area contributed by atoms with Gasteiger partial charge in [0.25, 0.3) is 5.91 Å². The highest BCUT2D eigenvalue weighted by atomic mass is 35.5. The third-order valence-electron chi connectivity index (χ3n) is 4.22. The second kappa shape index (κ2) is 6.65. The van der Waals surface area contributed by atoms with Crippen LogP contribution >= 0.6 is 11.6 Å². The normalized spacial score (nSPS) is 20.8. The van der Waals surface area contributed by atoms with Crippen LogP contribution in [0.5, 0.6) is 0 Å². The number of likely N-dealkylation sites (tertiary alicyclic amines) is 1. The zero-order chi connectivity index (χ0) is 17.3. The fourth-order valence-corrected chi connectivity index (χ4v) is 3.17. The van der Waals surface area contributed by atoms with E-state index in [9.17, 15) is 14.7 Å². The fraction of sp³-hybridized carbons (Fsp3) is 0.353. The van der Waals surface area contributed by atoms with Crippen LogP contribution in [0.25, 0.3) is 5.69 Å². The van der Waals surface area contributed by atoms with Crippen LogP contribution < -0.4 is 0 Å². The Hall–Kier alpha value is -2.34. The smallest absolute Gasteiger partial charge is 0.308 e. The van der Waals surface area contributed by atoms with Gasteiger partial charge in [-0.05, 0) is 36.6 Å². The molecule has 1 aliphatic rings. The minimum absolute atomic E-state index is 0.162. The summed E-state index contributed by atoms with van der Waals surface area (Å²) in [5, 5.41) is 14.1. The van der Waals surface area contributed by atoms with E-state index in [-0.39, 0.29) is 18.4 Å². The number of rotatable bonds is 3. The van der Waals surface area contributed by atoms with Crippen molar-refractivity contribution >= 4 is 23.5 Å². The molecular formula is C17H18ClN3O3. The van der Waals surface area contributed by atoms with E-state index in [4.69, 9.17) is 11.6 Å². The van der Waals surface area contributed by atoms with Gasteiger partial charge in [-0.15, -0.1) is 0 Å². The first-order valence-corrected chi connectivity index (χ1v) is 8.14. The highest BCUT2D eigenvalue weighted by Crippen LogP contribution is 2.23. The molecule has 2 heterocycles. The van der Waals surface area contributed by atoms with E-state index in [1.807, 2.05) is 19.1 Å². The predicted molar refractivity (Wildman–Crippen MR) is 89.4 cm³/mol. The summed E-state index contributed by atoms with van der Waals surface area (Å²) in [7, 11) is 0. The van der Waals surface area contributed by atoms with Gasteiger partial charge in [0.05, 0.1) is 23.4 Å². The zero-order valence-electron chi connectivity index (χ0n) is 13.2. The second-order valence-electron chi connectivity index (χ2n) is 6.24. The molecule has 2 aromatic rings. The minimum atomic E-state index is -0.851. The van der Waals surface area contributed by atoms with Crippen molar-refractivity contribution < 1.29 is 14.7 Å². The van der Waals surface area contributed by atoms with Crippen molar-refractivity contribution in [3.8, 4) is 5.69 Å². The van der Waals surface area contributed by atoms with Gasteiger partial charge in [-0.2, -0.15) is 5.10 Å². The summed E-state index contributed by atoms with van der Waals surface area (Å²) in [6.45, 7) is 2.77. The van der Waals surface area contributed by atoms with E-state index >= 15 is 0 Å². The zero-order valence-corrected chi connectivity index (χ0v) is 14.0. The Morgan fingerprint density at radius 3 is 2.62 bits per heavy atom. The number of benzene rings is 1. The van der Waals surface area contributed by atoms with Crippen LogP contribution in [0.2, 0.25) is 5.02 Å². The molecule has 1 amide bonds. The summed E-state index contributed by atoms with van der Waals surface area (Å²) in [5.41, 5.74) is 1.25. The van der Waals surface area contributed by atoms with Crippen LogP contribution in [0.3, 0.4) is 0 Å². The van der Waals surface area contributed by atoms with Crippen LogP contribution in [0.4, 0.5) is 0 Å². The summed E-state index contributed by atoms with van der Waals surface area (Å²) >= 11 is 5.87. The molecule has 0 spiro atoms. The number of carboxylic acids is 1. The maximum atomic E-state index is 12.7. The lowest BCUT2D eigenvalue weighted by atomic mass is 9.90. The lowest BCUT2D eigenvalue weighted by Gasteiger charge is -2.34. The lowest BCUT2D eigenvalue weighted by molar-refractivity contribution is -0.143. The van der Waals surface area contributed by atoms with Gasteiger partial charge in [0, 0.05) is 24.3 Å². The summed E-state index contributed by atoms with van der Waals surface area (Å²) in [5.74, 6) is -1.39. The molecule has 7 heteroatoms. The minimum Gasteiger partial charge on any atom is -0.481 e. The molecule has 1 saturated heterocycles. The molecule has 0 saturated carbocycles. The number of nitrogens with zero attached hydrogens (tertiary/aromatic N) is 3. The van der Waals surface area contributed by atoms with Crippen molar-refractivity contribution in [3.63, 3.8) is 0 Å². The standard InChI is InChI=1S/C17H18ClN3O3/c1-11-6-12(17(23)24)9-20(8-11)16(22)13-7-19-21(10-13)15-4-2-14(18)3-5-15/h2-5,7,10-12H,6,8-9H2,1H3,(H,23,24). The molecule has 0 radical (unpaired) electrons. The summed E-state index contributed by atoms with van der Waals surface area (Å²) in [6, 6.07) is 7.13. The molecule has 2 unspecified atom stereocenters. The maximum absolute atomic E-state index is 12.7. The van der Waals surface area contributed by atoms with E-state index in [1.54, 1.807) is 27.9 Å². The number of hydrogen-bond donors (Lipinski definition) is 1. The van der Waals surface area contributed by atoms with Gasteiger partial charge in [-0.25, -0.2) is 4.68 Å². The van der Waals surface area contributed by atoms with Crippen molar-refractivity contribution in [2.24, 2.45) is 11.8 Å². The van der Waals surface area contributed by atoms with Crippen molar-refractivity contribution in [1.29, 1.82) is 0 Å². The Morgan fingerprint density at radius 1 is 1.25 bits per heavy atom. The van der Waals surface area contributed by atoms with Gasteiger partial charge in [0.1, 0.15) is 0 Å². The largest absolute Gasteiger partial charge is 0.481 e. The van der Waals surface area contributed by atoms with Crippen LogP contribution in [-0.4, -0.2) is 44.8 Å². The van der Waals surface area contributed by atoms with Crippen molar-refractivity contribution in [3.05, 3.63) is 47.2 Å². The molecule has 1 aromatic carbocycles. The predicted octanol–water partition coefficient (Wildman–Crippen LogP) is 2.71. The molecule has 1 aromatic heterocycles. The number of hydrogen-bond acceptors (Lipinski definition) is 3. The Bertz CT molecular complexity index is 757. The van der Waals surface area contributed by atoms with Crippen LogP contribution in [0.15, 0.2) is 36.7 Å². The van der Waals surface area contributed by atoms with Gasteiger partial charge < -0.3 is 10.0 Å². The van der Waals surface area contributed by atoms with Gasteiger partial charge in [0.15, 0.2) is 0 Å². The van der Waals surface area contributed by atoms with Crippen molar-refractivity contribution in [2.75, 3.05) is 13.1 Å². The monoisotopic (exact) mass is 347 g/mol. The average molecular weight is 348 g/mol. The number of aliphatic carboxylic acids is 1. The molecule has 0 aliphatic carbocycles. The average Bonchev–Trinajstić information content (AvgIpc) is 3.04. The molecule has 1 fully saturated rings. The molecular weight excluding hydrogens is 330 g/mol. The number of halogens is 1. The first-order valence-electron chi connectivity index (χ1n) is 7.76. The number of amides is 1. The second-order valence-corrected chi connectivity index (χ2v) is 6.67. The third-order valence-corrected chi connectivity index (χ3v) is 4.47. The molecule has 126 valence electrons. The van der Waals surface area contributed by atoms with E-state index in [0.717, 1.165) is 5.69 Å². The number of carboxylic acid groups (broad SMARTS) is 1. The molecule has 0 bridgehead atoms. The quantitative estimate of drug-likeness (QED) is 0.926. The van der Waals surface area contributed by atoms with Gasteiger partial charge in [0.2, 0.25) is 0 Å². The Morgan fingerprint density at radius 2 is 1.96 bits per heavy atom. The molecule has 1 N–H and O–H groups in total. The number of carbonyl (C=O) groups is 2. The van der Waals surface area contributed by atoms with Crippen molar-refractivity contribution in [2.45, 2.75) is 13.3 Å². The SMILES string of the molecule is CC1CC(C(=O)O)CN(C(=O)c2cnn(-c3ccc(Cl)cc3)c2)C1. The summed E-state index contributed by atoms with van der Waals surface area (Å²) in [6.07, 6.45) is 3.76. The number of carbonyl (C=O) groups excluding carboxylic acids is 1. The number of aromatic nitrogens is 2. The maximum Gasteiger partial charge on any atom is 0.308 e. The third kappa shape index (κ3) is 3.43. The van der Waals surface area contributed by atoms with E-state index in [0.29, 0.717) is 23.6 Å². The van der Waals surface area contributed by atoms with Crippen LogP contribution in [-0.2, 0) is 4.79 Å². The van der Waals surface area contributed by atoms with E-state index in [2.05, 4.69) is 5.10 Å². The Kier molecular flexibility index (Phi) is 4.57. The summed E-state index contributed by atoms with van der Waals surface area (Å²) < 4.78 is 1.60. The first-order chi connectivity index (χ1) is 11.4. The molecule has 1 aliphatic heterocycles. The molecule has 24 heavy (non-hydrogen) atoms. The topological polar surface area (TPSA) is 75.4 Å². The first kappa shape index (κ1) is 16.5. The van der Waals surface area contributed by atoms with Gasteiger partial charge in [-0.3, -0.25) is 9.59 Å². The fourth-order valence-electron chi connectivity index (χ4n) is 3.05. The van der Waals surface area contributed by atoms with E-state index in [1.165, 1.54) is 6.20 Å². The highest BCUT2D eigenvalue weighted by molar-refractivity contribution is 6.30. The van der Waals surface area contributed by atoms with Crippen LogP contribution in [0, 0.1) is 11.8 Å². The van der Waals surface area contributed by atoms with E-state index < -0.39 is 11.9 Å². The molecule has 3 rings (SSSR count). The van der Waals surface area contributed by atoms with Gasteiger partial charge >= 0.3 is 5.97 Å².